The van der Waals surface area contributed by atoms with E-state index in [2.05, 4.69) is 47.4 Å². The molecule has 3 rings (SSSR count). The summed E-state index contributed by atoms with van der Waals surface area (Å²) in [5.74, 6) is 0.906. The van der Waals surface area contributed by atoms with Crippen LogP contribution in [0.15, 0.2) is 60.7 Å². The third-order valence-corrected chi connectivity index (χ3v) is 4.81. The van der Waals surface area contributed by atoms with Crippen molar-refractivity contribution in [3.05, 3.63) is 71.8 Å². The number of benzene rings is 2. The minimum atomic E-state index is -0.107. The summed E-state index contributed by atoms with van der Waals surface area (Å²) in [5.41, 5.74) is 2.51. The van der Waals surface area contributed by atoms with E-state index in [1.807, 2.05) is 32.0 Å². The Morgan fingerprint density at radius 2 is 1.61 bits per heavy atom. The Balaban J connectivity index is 1.83. The average molecular weight is 307 g/mol. The van der Waals surface area contributed by atoms with E-state index in [0.717, 1.165) is 25.1 Å². The number of hydrogen-bond acceptors (Lipinski definition) is 2. The molecule has 2 heteroatoms. The van der Waals surface area contributed by atoms with Gasteiger partial charge in [0.25, 0.3) is 0 Å². The van der Waals surface area contributed by atoms with E-state index < -0.39 is 0 Å². The van der Waals surface area contributed by atoms with Crippen LogP contribution in [0, 0.1) is 5.92 Å². The topological polar surface area (TPSA) is 20.3 Å². The van der Waals surface area contributed by atoms with Crippen LogP contribution in [0.5, 0.6) is 0 Å². The van der Waals surface area contributed by atoms with E-state index in [9.17, 15) is 4.79 Å². The lowest BCUT2D eigenvalue weighted by Gasteiger charge is -2.28. The zero-order valence-electron chi connectivity index (χ0n) is 14.0. The lowest BCUT2D eigenvalue weighted by atomic mass is 9.94. The van der Waals surface area contributed by atoms with Gasteiger partial charge in [-0.2, -0.15) is 0 Å². The Bertz CT molecular complexity index is 635. The molecule has 23 heavy (non-hydrogen) atoms. The average Bonchev–Trinajstić information content (AvgIpc) is 3.06. The SMILES string of the molecule is CC(C)C(=O)[C@H](c1ccccc1)N1CC[C@H](c2ccccc2)C1. The molecule has 2 aromatic carbocycles. The van der Waals surface area contributed by atoms with Crippen LogP contribution in [0.1, 0.15) is 43.4 Å². The van der Waals surface area contributed by atoms with Gasteiger partial charge in [0.1, 0.15) is 0 Å². The van der Waals surface area contributed by atoms with Crippen molar-refractivity contribution < 1.29 is 4.79 Å². The zero-order chi connectivity index (χ0) is 16.2. The highest BCUT2D eigenvalue weighted by atomic mass is 16.1. The van der Waals surface area contributed by atoms with Gasteiger partial charge in [0.2, 0.25) is 0 Å². The molecule has 1 aliphatic rings. The Kier molecular flexibility index (Phi) is 4.92. The molecule has 0 unspecified atom stereocenters. The van der Waals surface area contributed by atoms with Crippen molar-refractivity contribution in [2.75, 3.05) is 13.1 Å². The van der Waals surface area contributed by atoms with Crippen molar-refractivity contribution in [1.29, 1.82) is 0 Å². The quantitative estimate of drug-likeness (QED) is 0.814. The summed E-state index contributed by atoms with van der Waals surface area (Å²) in [6, 6.07) is 20.8. The lowest BCUT2D eigenvalue weighted by Crippen LogP contribution is -2.34. The van der Waals surface area contributed by atoms with Gasteiger partial charge in [-0.3, -0.25) is 9.69 Å². The van der Waals surface area contributed by atoms with Gasteiger partial charge in [-0.1, -0.05) is 74.5 Å². The fourth-order valence-corrected chi connectivity index (χ4v) is 3.53. The molecule has 0 bridgehead atoms. The predicted molar refractivity (Wildman–Crippen MR) is 94.4 cm³/mol. The molecule has 0 saturated carbocycles. The maximum absolute atomic E-state index is 12.8. The van der Waals surface area contributed by atoms with Crippen LogP contribution in [0.2, 0.25) is 0 Å². The van der Waals surface area contributed by atoms with E-state index in [0.29, 0.717) is 11.7 Å². The second-order valence-electron chi connectivity index (χ2n) is 6.76. The number of Topliss-reactive ketones (excluding diaryl/α,β-unsaturated/α-hetero) is 1. The smallest absolute Gasteiger partial charge is 0.157 e. The number of carbonyl (C=O) groups excluding carboxylic acids is 1. The molecule has 1 aliphatic heterocycles. The normalized spacial score (nSPS) is 19.9. The number of likely N-dealkylation sites (tertiary alicyclic amines) is 1. The highest BCUT2D eigenvalue weighted by Crippen LogP contribution is 2.34. The summed E-state index contributed by atoms with van der Waals surface area (Å²) >= 11 is 0. The van der Waals surface area contributed by atoms with E-state index in [4.69, 9.17) is 0 Å². The molecule has 0 aromatic heterocycles. The van der Waals surface area contributed by atoms with E-state index in [1.165, 1.54) is 5.56 Å². The van der Waals surface area contributed by atoms with E-state index >= 15 is 0 Å². The molecule has 2 aromatic rings. The van der Waals surface area contributed by atoms with Gasteiger partial charge in [-0.15, -0.1) is 0 Å². The van der Waals surface area contributed by atoms with Gasteiger partial charge in [0, 0.05) is 12.5 Å². The van der Waals surface area contributed by atoms with Gasteiger partial charge >= 0.3 is 0 Å². The molecular formula is C21H25NO. The Morgan fingerprint density at radius 1 is 1.00 bits per heavy atom. The first-order valence-electron chi connectivity index (χ1n) is 8.54. The van der Waals surface area contributed by atoms with Crippen LogP contribution in [0.4, 0.5) is 0 Å². The molecule has 1 saturated heterocycles. The molecule has 2 nitrogen and oxygen atoms in total. The van der Waals surface area contributed by atoms with Gasteiger partial charge in [0.05, 0.1) is 6.04 Å². The molecule has 0 radical (unpaired) electrons. The number of rotatable bonds is 5. The number of nitrogens with zero attached hydrogens (tertiary/aromatic N) is 1. The number of hydrogen-bond donors (Lipinski definition) is 0. The lowest BCUT2D eigenvalue weighted by molar-refractivity contribution is -0.127. The molecule has 0 N–H and O–H groups in total. The molecule has 120 valence electrons. The molecule has 0 spiro atoms. The van der Waals surface area contributed by atoms with Crippen LogP contribution < -0.4 is 0 Å². The molecule has 2 atom stereocenters. The standard InChI is InChI=1S/C21H25NO/c1-16(2)21(23)20(18-11-7-4-8-12-18)22-14-13-19(15-22)17-9-5-3-6-10-17/h3-12,16,19-20H,13-15H2,1-2H3/t19-,20-/m0/s1. The summed E-state index contributed by atoms with van der Waals surface area (Å²) in [6.07, 6.45) is 1.12. The van der Waals surface area contributed by atoms with Crippen LogP contribution >= 0.6 is 0 Å². The monoisotopic (exact) mass is 307 g/mol. The van der Waals surface area contributed by atoms with E-state index in [-0.39, 0.29) is 12.0 Å². The molecule has 0 amide bonds. The number of carbonyl (C=O) groups is 1. The summed E-state index contributed by atoms with van der Waals surface area (Å²) in [5, 5.41) is 0. The summed E-state index contributed by atoms with van der Waals surface area (Å²) in [7, 11) is 0. The third kappa shape index (κ3) is 3.53. The number of ketones is 1. The Hall–Kier alpha value is -1.93. The van der Waals surface area contributed by atoms with Gasteiger partial charge in [-0.25, -0.2) is 0 Å². The zero-order valence-corrected chi connectivity index (χ0v) is 14.0. The van der Waals surface area contributed by atoms with Crippen molar-refractivity contribution in [2.45, 2.75) is 32.2 Å². The first kappa shape index (κ1) is 15.9. The second-order valence-corrected chi connectivity index (χ2v) is 6.76. The van der Waals surface area contributed by atoms with Crippen molar-refractivity contribution in [3.8, 4) is 0 Å². The fourth-order valence-electron chi connectivity index (χ4n) is 3.53. The van der Waals surface area contributed by atoms with Gasteiger partial charge < -0.3 is 0 Å². The van der Waals surface area contributed by atoms with Crippen LogP contribution in [-0.2, 0) is 4.79 Å². The molecular weight excluding hydrogens is 282 g/mol. The van der Waals surface area contributed by atoms with Crippen molar-refractivity contribution in [3.63, 3.8) is 0 Å². The highest BCUT2D eigenvalue weighted by Gasteiger charge is 2.34. The maximum Gasteiger partial charge on any atom is 0.157 e. The fraction of sp³-hybridized carbons (Fsp3) is 0.381. The predicted octanol–water partition coefficient (Wildman–Crippen LogP) is 4.44. The van der Waals surface area contributed by atoms with E-state index in [1.54, 1.807) is 0 Å². The molecule has 1 fully saturated rings. The first-order valence-corrected chi connectivity index (χ1v) is 8.54. The van der Waals surface area contributed by atoms with Gasteiger partial charge in [0.15, 0.2) is 5.78 Å². The van der Waals surface area contributed by atoms with Crippen LogP contribution in [0.25, 0.3) is 0 Å². The summed E-state index contributed by atoms with van der Waals surface area (Å²) in [4.78, 5) is 15.2. The summed E-state index contributed by atoms with van der Waals surface area (Å²) in [6.45, 7) is 5.95. The summed E-state index contributed by atoms with van der Waals surface area (Å²) < 4.78 is 0. The second kappa shape index (κ2) is 7.10. The Labute approximate surface area is 139 Å². The largest absolute Gasteiger partial charge is 0.297 e. The molecule has 0 aliphatic carbocycles. The maximum atomic E-state index is 12.8. The Morgan fingerprint density at radius 3 is 2.22 bits per heavy atom. The van der Waals surface area contributed by atoms with Crippen LogP contribution in [-0.4, -0.2) is 23.8 Å². The minimum absolute atomic E-state index is 0.0518. The van der Waals surface area contributed by atoms with Crippen molar-refractivity contribution in [2.24, 2.45) is 5.92 Å². The van der Waals surface area contributed by atoms with Crippen molar-refractivity contribution >= 4 is 5.78 Å². The van der Waals surface area contributed by atoms with Crippen LogP contribution in [0.3, 0.4) is 0 Å². The highest BCUT2D eigenvalue weighted by molar-refractivity contribution is 5.87. The first-order chi connectivity index (χ1) is 11.2. The van der Waals surface area contributed by atoms with Crippen molar-refractivity contribution in [1.82, 2.24) is 4.90 Å². The third-order valence-electron chi connectivity index (χ3n) is 4.81. The van der Waals surface area contributed by atoms with Gasteiger partial charge in [-0.05, 0) is 30.0 Å². The molecule has 1 heterocycles. The minimum Gasteiger partial charge on any atom is -0.297 e.